The lowest BCUT2D eigenvalue weighted by molar-refractivity contribution is -0.127. The van der Waals surface area contributed by atoms with Crippen LogP contribution in [0, 0.1) is 0 Å². The van der Waals surface area contributed by atoms with Crippen molar-refractivity contribution in [1.82, 2.24) is 4.90 Å². The molecule has 106 valence electrons. The Morgan fingerprint density at radius 3 is 2.90 bits per heavy atom. The van der Waals surface area contributed by atoms with Crippen molar-refractivity contribution in [2.24, 2.45) is 0 Å². The molecule has 21 heavy (non-hydrogen) atoms. The third kappa shape index (κ3) is 1.84. The number of likely N-dealkylation sites (N-methyl/N-ethyl adjacent to an activating group) is 1. The summed E-state index contributed by atoms with van der Waals surface area (Å²) in [6, 6.07) is 13.5. The van der Waals surface area contributed by atoms with Gasteiger partial charge in [0.05, 0.1) is 5.92 Å². The Kier molecular flexibility index (Phi) is 2.73. The van der Waals surface area contributed by atoms with Crippen molar-refractivity contribution in [2.75, 3.05) is 13.6 Å². The zero-order valence-electron chi connectivity index (χ0n) is 11.5. The molecule has 0 aliphatic carbocycles. The van der Waals surface area contributed by atoms with Gasteiger partial charge in [0.15, 0.2) is 0 Å². The highest BCUT2D eigenvalue weighted by Gasteiger charge is 2.44. The SMILES string of the molecule is CN1C[14C@H]2c3ccccc3Oc3ccc(Cl)cc3[C@H]2C1=O. The van der Waals surface area contributed by atoms with Gasteiger partial charge in [-0.15, -0.1) is 0 Å². The molecular formula is C17H14ClNO2. The molecule has 4 rings (SSSR count). The van der Waals surface area contributed by atoms with Gasteiger partial charge in [0.25, 0.3) is 0 Å². The fraction of sp³-hybridized carbons (Fsp3) is 0.235. The smallest absolute Gasteiger partial charge is 0.230 e. The van der Waals surface area contributed by atoms with E-state index < -0.39 is 0 Å². The molecule has 2 aliphatic heterocycles. The molecule has 4 heteroatoms. The molecule has 1 fully saturated rings. The molecule has 0 bridgehead atoms. The highest BCUT2D eigenvalue weighted by Crippen LogP contribution is 2.50. The van der Waals surface area contributed by atoms with E-state index in [0.717, 1.165) is 22.6 Å². The lowest BCUT2D eigenvalue weighted by Crippen LogP contribution is -2.21. The van der Waals surface area contributed by atoms with Gasteiger partial charge in [-0.05, 0) is 24.3 Å². The molecule has 1 saturated heterocycles. The summed E-state index contributed by atoms with van der Waals surface area (Å²) in [5.74, 6) is 1.58. The largest absolute Gasteiger partial charge is 0.457 e. The molecule has 0 unspecified atom stereocenters. The standard InChI is InChI=1S/C17H14ClNO2/c1-19-9-13-11-4-2-3-5-14(11)21-15-7-6-10(18)8-12(15)16(13)17(19)20/h2-8,13,16H,9H2,1H3/t13-,16+/m0/s1/i13+2. The number of halogens is 1. The van der Waals surface area contributed by atoms with Crippen molar-refractivity contribution in [3.05, 3.63) is 58.6 Å². The Bertz CT molecular complexity index is 743. The molecule has 2 aromatic carbocycles. The minimum Gasteiger partial charge on any atom is -0.457 e. The first-order chi connectivity index (χ1) is 10.1. The predicted molar refractivity (Wildman–Crippen MR) is 81.1 cm³/mol. The van der Waals surface area contributed by atoms with Crippen molar-refractivity contribution < 1.29 is 9.53 Å². The van der Waals surface area contributed by atoms with Gasteiger partial charge in [-0.1, -0.05) is 29.8 Å². The van der Waals surface area contributed by atoms with Crippen LogP contribution in [0.25, 0.3) is 0 Å². The minimum atomic E-state index is -0.215. The van der Waals surface area contributed by atoms with Crippen LogP contribution in [-0.4, -0.2) is 24.4 Å². The Morgan fingerprint density at radius 2 is 2.05 bits per heavy atom. The summed E-state index contributed by atoms with van der Waals surface area (Å²) in [5.41, 5.74) is 1.98. The maximum Gasteiger partial charge on any atom is 0.230 e. The minimum absolute atomic E-state index is 0.110. The summed E-state index contributed by atoms with van der Waals surface area (Å²) in [6.07, 6.45) is 0. The third-order valence-electron chi connectivity index (χ3n) is 4.36. The molecule has 2 atom stereocenters. The number of ether oxygens (including phenoxy) is 1. The molecule has 3 nitrogen and oxygen atoms in total. The quantitative estimate of drug-likeness (QED) is 0.741. The average molecular weight is 302 g/mol. The lowest BCUT2D eigenvalue weighted by Gasteiger charge is -2.15. The van der Waals surface area contributed by atoms with E-state index in [9.17, 15) is 4.79 Å². The van der Waals surface area contributed by atoms with Crippen LogP contribution in [0.1, 0.15) is 23.0 Å². The highest BCUT2D eigenvalue weighted by molar-refractivity contribution is 6.30. The summed E-state index contributed by atoms with van der Waals surface area (Å²) in [6.45, 7) is 0.704. The van der Waals surface area contributed by atoms with Crippen LogP contribution in [0.5, 0.6) is 11.5 Å². The zero-order valence-corrected chi connectivity index (χ0v) is 12.3. The molecule has 2 heterocycles. The van der Waals surface area contributed by atoms with E-state index in [4.69, 9.17) is 16.3 Å². The zero-order chi connectivity index (χ0) is 14.6. The van der Waals surface area contributed by atoms with Crippen molar-refractivity contribution in [3.63, 3.8) is 0 Å². The first-order valence-corrected chi connectivity index (χ1v) is 7.34. The normalized spacial score (nSPS) is 23.0. The molecule has 0 aromatic heterocycles. The fourth-order valence-electron chi connectivity index (χ4n) is 3.38. The van der Waals surface area contributed by atoms with E-state index in [1.165, 1.54) is 0 Å². The van der Waals surface area contributed by atoms with E-state index in [1.54, 1.807) is 11.0 Å². The van der Waals surface area contributed by atoms with Crippen LogP contribution in [0.4, 0.5) is 0 Å². The van der Waals surface area contributed by atoms with Gasteiger partial charge in [-0.3, -0.25) is 4.79 Å². The van der Waals surface area contributed by atoms with Gasteiger partial charge in [-0.25, -0.2) is 0 Å². The summed E-state index contributed by atoms with van der Waals surface area (Å²) < 4.78 is 6.05. The van der Waals surface area contributed by atoms with Crippen LogP contribution in [0.3, 0.4) is 0 Å². The highest BCUT2D eigenvalue weighted by atomic mass is 35.5. The number of nitrogens with zero attached hydrogens (tertiary/aromatic N) is 1. The number of rotatable bonds is 0. The maximum atomic E-state index is 12.6. The Balaban J connectivity index is 1.98. The molecule has 2 aliphatic rings. The van der Waals surface area contributed by atoms with Crippen LogP contribution >= 0.6 is 11.6 Å². The summed E-state index contributed by atoms with van der Waals surface area (Å²) in [7, 11) is 1.85. The number of likely N-dealkylation sites (tertiary alicyclic amines) is 1. The fourth-order valence-corrected chi connectivity index (χ4v) is 3.56. The number of benzene rings is 2. The second-order valence-corrected chi connectivity index (χ2v) is 6.06. The Morgan fingerprint density at radius 1 is 1.24 bits per heavy atom. The van der Waals surface area contributed by atoms with E-state index in [1.807, 2.05) is 43.4 Å². The Hall–Kier alpha value is -2.00. The van der Waals surface area contributed by atoms with E-state index in [2.05, 4.69) is 0 Å². The van der Waals surface area contributed by atoms with Crippen molar-refractivity contribution >= 4 is 17.5 Å². The topological polar surface area (TPSA) is 29.5 Å². The van der Waals surface area contributed by atoms with Gasteiger partial charge in [-0.2, -0.15) is 0 Å². The van der Waals surface area contributed by atoms with Gasteiger partial charge < -0.3 is 9.64 Å². The van der Waals surface area contributed by atoms with Gasteiger partial charge >= 0.3 is 0 Å². The maximum absolute atomic E-state index is 12.6. The second-order valence-electron chi connectivity index (χ2n) is 5.62. The number of amides is 1. The average Bonchev–Trinajstić information content (AvgIpc) is 2.70. The number of hydrogen-bond acceptors (Lipinski definition) is 2. The van der Waals surface area contributed by atoms with Crippen molar-refractivity contribution in [2.45, 2.75) is 11.8 Å². The van der Waals surface area contributed by atoms with Gasteiger partial charge in [0.1, 0.15) is 11.5 Å². The molecule has 0 spiro atoms. The van der Waals surface area contributed by atoms with Crippen LogP contribution in [0.2, 0.25) is 5.02 Å². The number of para-hydroxylation sites is 1. The number of carbonyl (C=O) groups is 1. The van der Waals surface area contributed by atoms with Crippen LogP contribution in [-0.2, 0) is 4.79 Å². The van der Waals surface area contributed by atoms with Crippen LogP contribution in [0.15, 0.2) is 42.5 Å². The van der Waals surface area contributed by atoms with Crippen molar-refractivity contribution in [3.8, 4) is 11.5 Å². The number of carbonyl (C=O) groups excluding carboxylic acids is 1. The third-order valence-corrected chi connectivity index (χ3v) is 4.60. The lowest BCUT2D eigenvalue weighted by atomic mass is 10.0. The molecular weight excluding hydrogens is 288 g/mol. The van der Waals surface area contributed by atoms with E-state index >= 15 is 0 Å². The molecule has 0 radical (unpaired) electrons. The van der Waals surface area contributed by atoms with Gasteiger partial charge in [0.2, 0.25) is 5.91 Å². The number of hydrogen-bond donors (Lipinski definition) is 0. The summed E-state index contributed by atoms with van der Waals surface area (Å²) >= 11 is 6.14. The number of fused-ring (bicyclic) bond motifs is 5. The molecule has 0 saturated carbocycles. The van der Waals surface area contributed by atoms with Crippen LogP contribution < -0.4 is 4.74 Å². The Labute approximate surface area is 128 Å². The predicted octanol–water partition coefficient (Wildman–Crippen LogP) is 3.79. The second kappa shape index (κ2) is 4.50. The first-order valence-electron chi connectivity index (χ1n) is 6.96. The van der Waals surface area contributed by atoms with E-state index in [-0.39, 0.29) is 17.7 Å². The molecule has 1 amide bonds. The molecule has 0 N–H and O–H groups in total. The summed E-state index contributed by atoms with van der Waals surface area (Å²) in [5, 5.41) is 0.629. The monoisotopic (exact) mass is 301 g/mol. The van der Waals surface area contributed by atoms with Gasteiger partial charge in [0, 0.05) is 35.7 Å². The first kappa shape index (κ1) is 12.7. The van der Waals surface area contributed by atoms with E-state index in [0.29, 0.717) is 11.6 Å². The summed E-state index contributed by atoms with van der Waals surface area (Å²) in [4.78, 5) is 14.4. The van der Waals surface area contributed by atoms with Crippen molar-refractivity contribution in [1.29, 1.82) is 0 Å². The molecule has 2 aromatic rings.